The summed E-state index contributed by atoms with van der Waals surface area (Å²) in [6.45, 7) is 0. The van der Waals surface area contributed by atoms with Crippen LogP contribution in [0.2, 0.25) is 0 Å². The van der Waals surface area contributed by atoms with E-state index in [1.165, 1.54) is 13.2 Å². The second-order valence-electron chi connectivity index (χ2n) is 6.50. The summed E-state index contributed by atoms with van der Waals surface area (Å²) >= 11 is 0. The van der Waals surface area contributed by atoms with E-state index in [2.05, 4.69) is 10.1 Å². The highest BCUT2D eigenvalue weighted by atomic mass is 16.5. The Morgan fingerprint density at radius 3 is 2.50 bits per heavy atom. The van der Waals surface area contributed by atoms with Crippen molar-refractivity contribution in [2.24, 2.45) is 0 Å². The molecule has 1 N–H and O–H groups in total. The maximum Gasteiger partial charge on any atom is 0.330 e. The quantitative estimate of drug-likeness (QED) is 0.641. The van der Waals surface area contributed by atoms with Gasteiger partial charge in [0.15, 0.2) is 5.78 Å². The average Bonchev–Trinajstić information content (AvgIpc) is 3.17. The number of hydrogen-bond acceptors (Lipinski definition) is 4. The minimum absolute atomic E-state index is 0.0842. The second-order valence-corrected chi connectivity index (χ2v) is 6.50. The predicted octanol–water partition coefficient (Wildman–Crippen LogP) is 3.48. The summed E-state index contributed by atoms with van der Waals surface area (Å²) in [6.07, 6.45) is 5.41. The number of hydrogen-bond donors (Lipinski definition) is 1. The van der Waals surface area contributed by atoms with Crippen LogP contribution in [-0.2, 0) is 20.7 Å². The van der Waals surface area contributed by atoms with E-state index in [0.29, 0.717) is 6.42 Å². The largest absolute Gasteiger partial charge is 0.466 e. The molecular formula is C22H23NO3. The fourth-order valence-corrected chi connectivity index (χ4v) is 3.25. The van der Waals surface area contributed by atoms with Crippen LogP contribution in [0.25, 0.3) is 6.08 Å². The average molecular weight is 349 g/mol. The molecule has 4 heteroatoms. The van der Waals surface area contributed by atoms with Gasteiger partial charge >= 0.3 is 5.97 Å². The Labute approximate surface area is 153 Å². The van der Waals surface area contributed by atoms with Gasteiger partial charge in [-0.15, -0.1) is 0 Å². The monoisotopic (exact) mass is 349 g/mol. The Bertz CT molecular complexity index is 781. The second kappa shape index (κ2) is 8.59. The molecule has 2 atom stereocenters. The zero-order valence-corrected chi connectivity index (χ0v) is 14.9. The van der Waals surface area contributed by atoms with Crippen LogP contribution in [0.15, 0.2) is 60.7 Å². The third-order valence-corrected chi connectivity index (χ3v) is 4.71. The molecule has 2 unspecified atom stereocenters. The number of methoxy groups -OCH3 is 1. The van der Waals surface area contributed by atoms with Crippen LogP contribution in [0.1, 0.15) is 35.6 Å². The summed E-state index contributed by atoms with van der Waals surface area (Å²) in [5.41, 5.74) is 3.16. The van der Waals surface area contributed by atoms with Crippen LogP contribution in [0.3, 0.4) is 0 Å². The van der Waals surface area contributed by atoms with Crippen molar-refractivity contribution in [1.29, 1.82) is 0 Å². The van der Waals surface area contributed by atoms with Gasteiger partial charge in [0.05, 0.1) is 13.2 Å². The smallest absolute Gasteiger partial charge is 0.330 e. The SMILES string of the molecule is COC(=O)/C=C/c1ccc(C2CCC(C(=O)Cc3ccccc3)N2)cc1. The first-order chi connectivity index (χ1) is 12.7. The molecular weight excluding hydrogens is 326 g/mol. The molecule has 1 saturated heterocycles. The summed E-state index contributed by atoms with van der Waals surface area (Å²) in [6, 6.07) is 18.0. The molecule has 0 spiro atoms. The Kier molecular flexibility index (Phi) is 5.97. The molecule has 1 fully saturated rings. The lowest BCUT2D eigenvalue weighted by atomic mass is 10.0. The molecule has 0 radical (unpaired) electrons. The summed E-state index contributed by atoms with van der Waals surface area (Å²) in [7, 11) is 1.36. The van der Waals surface area contributed by atoms with Gasteiger partial charge in [0.25, 0.3) is 0 Å². The van der Waals surface area contributed by atoms with Crippen LogP contribution in [0, 0.1) is 0 Å². The highest BCUT2D eigenvalue weighted by molar-refractivity contribution is 5.87. The summed E-state index contributed by atoms with van der Waals surface area (Å²) in [5, 5.41) is 3.46. The van der Waals surface area contributed by atoms with Crippen molar-refractivity contribution in [2.75, 3.05) is 7.11 Å². The van der Waals surface area contributed by atoms with Crippen LogP contribution in [-0.4, -0.2) is 24.9 Å². The lowest BCUT2D eigenvalue weighted by Crippen LogP contribution is -2.33. The van der Waals surface area contributed by atoms with E-state index in [9.17, 15) is 9.59 Å². The number of carbonyl (C=O) groups excluding carboxylic acids is 2. The third kappa shape index (κ3) is 4.67. The van der Waals surface area contributed by atoms with E-state index in [1.807, 2.05) is 54.6 Å². The Balaban J connectivity index is 1.57. The van der Waals surface area contributed by atoms with Crippen molar-refractivity contribution in [3.63, 3.8) is 0 Å². The molecule has 0 aromatic heterocycles. The zero-order valence-electron chi connectivity index (χ0n) is 14.9. The summed E-state index contributed by atoms with van der Waals surface area (Å²) in [5.74, 6) is -0.123. The lowest BCUT2D eigenvalue weighted by Gasteiger charge is -2.14. The molecule has 3 rings (SSSR count). The van der Waals surface area contributed by atoms with Crippen molar-refractivity contribution in [3.05, 3.63) is 77.4 Å². The van der Waals surface area contributed by atoms with Crippen LogP contribution in [0.4, 0.5) is 0 Å². The number of nitrogens with one attached hydrogen (secondary N) is 1. The first-order valence-corrected chi connectivity index (χ1v) is 8.84. The molecule has 1 aliphatic rings. The molecule has 2 aromatic rings. The van der Waals surface area contributed by atoms with E-state index in [-0.39, 0.29) is 23.8 Å². The zero-order chi connectivity index (χ0) is 18.4. The predicted molar refractivity (Wildman–Crippen MR) is 102 cm³/mol. The maximum absolute atomic E-state index is 12.5. The van der Waals surface area contributed by atoms with E-state index in [1.54, 1.807) is 6.08 Å². The van der Waals surface area contributed by atoms with E-state index < -0.39 is 0 Å². The summed E-state index contributed by atoms with van der Waals surface area (Å²) in [4.78, 5) is 23.6. The Hall–Kier alpha value is -2.72. The van der Waals surface area contributed by atoms with Gasteiger partial charge in [0.2, 0.25) is 0 Å². The minimum Gasteiger partial charge on any atom is -0.466 e. The standard InChI is InChI=1S/C22H23NO3/c1-26-22(25)14-9-16-7-10-18(11-8-16)19-12-13-20(23-19)21(24)15-17-5-3-2-4-6-17/h2-11,14,19-20,23H,12-13,15H2,1H3/b14-9+. The van der Waals surface area contributed by atoms with Gasteiger partial charge in [0.1, 0.15) is 0 Å². The van der Waals surface area contributed by atoms with Gasteiger partial charge in [0, 0.05) is 18.5 Å². The van der Waals surface area contributed by atoms with E-state index in [4.69, 9.17) is 0 Å². The number of ketones is 1. The molecule has 1 heterocycles. The van der Waals surface area contributed by atoms with Crippen molar-refractivity contribution in [3.8, 4) is 0 Å². The highest BCUT2D eigenvalue weighted by Gasteiger charge is 2.29. The molecule has 1 aliphatic heterocycles. The number of benzene rings is 2. The molecule has 2 aromatic carbocycles. The first kappa shape index (κ1) is 18.1. The third-order valence-electron chi connectivity index (χ3n) is 4.71. The van der Waals surface area contributed by atoms with Gasteiger partial charge in [-0.3, -0.25) is 4.79 Å². The van der Waals surface area contributed by atoms with Crippen molar-refractivity contribution in [2.45, 2.75) is 31.3 Å². The molecule has 0 aliphatic carbocycles. The highest BCUT2D eigenvalue weighted by Crippen LogP contribution is 2.27. The minimum atomic E-state index is -0.369. The van der Waals surface area contributed by atoms with Gasteiger partial charge in [-0.25, -0.2) is 4.79 Å². The van der Waals surface area contributed by atoms with Crippen LogP contribution >= 0.6 is 0 Å². The van der Waals surface area contributed by atoms with E-state index in [0.717, 1.165) is 29.5 Å². The van der Waals surface area contributed by atoms with Gasteiger partial charge in [-0.1, -0.05) is 54.6 Å². The van der Waals surface area contributed by atoms with Gasteiger partial charge < -0.3 is 10.1 Å². The normalized spacial score (nSPS) is 19.6. The number of ether oxygens (including phenoxy) is 1. The molecule has 26 heavy (non-hydrogen) atoms. The maximum atomic E-state index is 12.5. The van der Waals surface area contributed by atoms with Crippen molar-refractivity contribution < 1.29 is 14.3 Å². The molecule has 0 bridgehead atoms. The van der Waals surface area contributed by atoms with Crippen molar-refractivity contribution >= 4 is 17.8 Å². The first-order valence-electron chi connectivity index (χ1n) is 8.84. The van der Waals surface area contributed by atoms with E-state index >= 15 is 0 Å². The van der Waals surface area contributed by atoms with Crippen LogP contribution < -0.4 is 5.32 Å². The van der Waals surface area contributed by atoms with Gasteiger partial charge in [-0.2, -0.15) is 0 Å². The topological polar surface area (TPSA) is 55.4 Å². The number of rotatable bonds is 6. The number of Topliss-reactive ketones (excluding diaryl/α,β-unsaturated/α-hetero) is 1. The van der Waals surface area contributed by atoms with Gasteiger partial charge in [-0.05, 0) is 35.6 Å². The fraction of sp³-hybridized carbons (Fsp3) is 0.273. The molecule has 0 saturated carbocycles. The molecule has 0 amide bonds. The van der Waals surface area contributed by atoms with Crippen molar-refractivity contribution in [1.82, 2.24) is 5.32 Å². The molecule has 4 nitrogen and oxygen atoms in total. The number of carbonyl (C=O) groups is 2. The molecule has 134 valence electrons. The Morgan fingerprint density at radius 1 is 1.08 bits per heavy atom. The fourth-order valence-electron chi connectivity index (χ4n) is 3.25. The lowest BCUT2D eigenvalue weighted by molar-refractivity contribution is -0.134. The Morgan fingerprint density at radius 2 is 1.81 bits per heavy atom. The van der Waals surface area contributed by atoms with Crippen LogP contribution in [0.5, 0.6) is 0 Å². The summed E-state index contributed by atoms with van der Waals surface area (Å²) < 4.78 is 4.59. The number of esters is 1.